The highest BCUT2D eigenvalue weighted by atomic mass is 19.2. The smallest absolute Gasteiger partial charge is 0.222 e. The number of halogens is 1. The lowest BCUT2D eigenvalue weighted by molar-refractivity contribution is -0.131. The lowest BCUT2D eigenvalue weighted by Gasteiger charge is -2.39. The number of amidine groups is 1. The molecule has 2 fully saturated rings. The van der Waals surface area contributed by atoms with Crippen molar-refractivity contribution in [2.75, 3.05) is 108 Å². The lowest BCUT2D eigenvalue weighted by atomic mass is 9.86. The topological polar surface area (TPSA) is 214 Å². The number of benzene rings is 3. The minimum atomic E-state index is -0.642. The number of piperidine rings is 1. The predicted octanol–water partition coefficient (Wildman–Crippen LogP) is 6.11. The number of nitrogens with two attached hydrogens (primary N) is 2. The molecule has 396 valence electrons. The third kappa shape index (κ3) is 17.8. The first-order valence-corrected chi connectivity index (χ1v) is 25.6. The number of unbranched alkanes of at least 4 members (excludes halogenated alkanes) is 3. The van der Waals surface area contributed by atoms with E-state index in [0.29, 0.717) is 128 Å². The predicted molar refractivity (Wildman–Crippen MR) is 283 cm³/mol. The Balaban J connectivity index is 0.762. The Labute approximate surface area is 429 Å². The van der Waals surface area contributed by atoms with Crippen LogP contribution in [0.25, 0.3) is 0 Å². The number of piperazine rings is 1. The Morgan fingerprint density at radius 2 is 1.52 bits per heavy atom. The number of carbonyl (C=O) groups excluding carboxylic acids is 3. The van der Waals surface area contributed by atoms with Gasteiger partial charge in [0.05, 0.1) is 50.3 Å². The van der Waals surface area contributed by atoms with Gasteiger partial charge in [0.1, 0.15) is 24.0 Å². The fraction of sp³-hybridized carbons (Fsp3) is 0.500. The van der Waals surface area contributed by atoms with Gasteiger partial charge in [0, 0.05) is 88.7 Å². The number of pyridine rings is 1. The fourth-order valence-electron chi connectivity index (χ4n) is 8.92. The van der Waals surface area contributed by atoms with Gasteiger partial charge in [-0.25, -0.2) is 15.1 Å². The molecule has 73 heavy (non-hydrogen) atoms. The number of aromatic nitrogens is 1. The average molecular weight is 1010 g/mol. The van der Waals surface area contributed by atoms with Gasteiger partial charge in [-0.05, 0) is 136 Å². The Morgan fingerprint density at radius 3 is 2.21 bits per heavy atom. The van der Waals surface area contributed by atoms with E-state index in [9.17, 15) is 14.4 Å². The highest BCUT2D eigenvalue weighted by Crippen LogP contribution is 2.33. The summed E-state index contributed by atoms with van der Waals surface area (Å²) in [5.41, 5.74) is 20.2. The van der Waals surface area contributed by atoms with E-state index in [4.69, 9.17) is 30.4 Å². The van der Waals surface area contributed by atoms with Gasteiger partial charge in [-0.2, -0.15) is 0 Å². The minimum absolute atomic E-state index is 0.124. The van der Waals surface area contributed by atoms with Crippen LogP contribution in [-0.4, -0.2) is 137 Å². The summed E-state index contributed by atoms with van der Waals surface area (Å²) >= 11 is 0. The van der Waals surface area contributed by atoms with Crippen LogP contribution in [0.5, 0.6) is 5.75 Å². The van der Waals surface area contributed by atoms with Crippen LogP contribution in [0, 0.1) is 0 Å². The van der Waals surface area contributed by atoms with Crippen molar-refractivity contribution >= 4 is 41.5 Å². The molecule has 0 radical (unpaired) electrons. The summed E-state index contributed by atoms with van der Waals surface area (Å²) in [6.45, 7) is 10.1. The molecule has 2 amide bonds. The highest BCUT2D eigenvalue weighted by molar-refractivity contribution is 5.93. The molecule has 4 aromatic rings. The Bertz CT molecular complexity index is 2300. The molecule has 19 heteroatoms. The molecule has 1 aromatic heterocycles. The van der Waals surface area contributed by atoms with Gasteiger partial charge in [0.25, 0.3) is 0 Å². The number of hydrogen-bond donors (Lipinski definition) is 5. The van der Waals surface area contributed by atoms with Crippen molar-refractivity contribution < 1.29 is 37.8 Å². The fourth-order valence-corrected chi connectivity index (χ4v) is 8.92. The number of aliphatic imine (C=N–C) groups is 1. The number of carbonyl (C=O) groups is 3. The van der Waals surface area contributed by atoms with Crippen LogP contribution in [-0.2, 0) is 30.3 Å². The van der Waals surface area contributed by atoms with Gasteiger partial charge in [0.2, 0.25) is 12.3 Å². The number of hydrogen-bond acceptors (Lipinski definition) is 15. The Kier molecular flexibility index (Phi) is 23.1. The molecule has 0 saturated carbocycles. The van der Waals surface area contributed by atoms with Crippen molar-refractivity contribution in [2.45, 2.75) is 82.6 Å². The molecule has 3 aromatic carbocycles. The molecule has 0 spiro atoms. The van der Waals surface area contributed by atoms with Gasteiger partial charge < -0.3 is 50.8 Å². The van der Waals surface area contributed by atoms with E-state index in [-0.39, 0.29) is 5.91 Å². The summed E-state index contributed by atoms with van der Waals surface area (Å²) in [5.74, 6) is 1.29. The number of rotatable bonds is 32. The summed E-state index contributed by atoms with van der Waals surface area (Å²) in [7, 11) is 1.74. The maximum atomic E-state index is 16.0. The molecule has 0 bridgehead atoms. The third-order valence-corrected chi connectivity index (χ3v) is 13.3. The zero-order chi connectivity index (χ0) is 51.7. The van der Waals surface area contributed by atoms with Gasteiger partial charge in [0.15, 0.2) is 0 Å². The van der Waals surface area contributed by atoms with Crippen LogP contribution in [0.15, 0.2) is 96.2 Å². The second kappa shape index (κ2) is 30.1. The maximum Gasteiger partial charge on any atom is 0.222 e. The first kappa shape index (κ1) is 56.1. The number of aldehydes is 1. The van der Waals surface area contributed by atoms with E-state index in [2.05, 4.69) is 30.9 Å². The second-order valence-corrected chi connectivity index (χ2v) is 18.5. The number of nitrogens with zero attached hydrogens (tertiary/aromatic N) is 6. The van der Waals surface area contributed by atoms with Crippen LogP contribution >= 0.6 is 0 Å². The van der Waals surface area contributed by atoms with Crippen LogP contribution < -0.4 is 42.3 Å². The van der Waals surface area contributed by atoms with Crippen LogP contribution in [0.2, 0.25) is 0 Å². The van der Waals surface area contributed by atoms with Gasteiger partial charge >= 0.3 is 0 Å². The summed E-state index contributed by atoms with van der Waals surface area (Å²) in [6, 6.07) is 23.7. The first-order chi connectivity index (χ1) is 35.6. The van der Waals surface area contributed by atoms with Crippen molar-refractivity contribution in [3.05, 3.63) is 114 Å². The molecule has 2 saturated heterocycles. The molecule has 2 aliphatic heterocycles. The minimum Gasteiger partial charge on any atom is -0.494 e. The van der Waals surface area contributed by atoms with Crippen LogP contribution in [0.1, 0.15) is 97.5 Å². The van der Waals surface area contributed by atoms with Crippen LogP contribution in [0.3, 0.4) is 0 Å². The highest BCUT2D eigenvalue weighted by Gasteiger charge is 2.37. The molecule has 2 atom stereocenters. The number of hydrazine groups is 1. The van der Waals surface area contributed by atoms with Crippen LogP contribution in [0.4, 0.5) is 21.5 Å². The maximum absolute atomic E-state index is 16.0. The number of nitrogens with one attached hydrogen (secondary N) is 3. The van der Waals surface area contributed by atoms with Crippen molar-refractivity contribution in [3.8, 4) is 5.75 Å². The SMILES string of the molecule is C[C@H](c1ccc(OCCCCCCOCCOCCOCCCC(=O)N2CCN(c3ccc(C=O)c(CN(C)NC=O)c3)CC2)cc1)N(F)c1cccc(NC2(/C(N)=N/C(N)c3ccncc3)CCNCC2)c1. The monoisotopic (exact) mass is 1010 g/mol. The van der Waals surface area contributed by atoms with E-state index < -0.39 is 17.7 Å². The van der Waals surface area contributed by atoms with Crippen molar-refractivity contribution in [3.63, 3.8) is 0 Å². The summed E-state index contributed by atoms with van der Waals surface area (Å²) < 4.78 is 39.1. The molecule has 18 nitrogen and oxygen atoms in total. The van der Waals surface area contributed by atoms with Crippen molar-refractivity contribution in [1.82, 2.24) is 25.6 Å². The zero-order valence-corrected chi connectivity index (χ0v) is 42.6. The van der Waals surface area contributed by atoms with Crippen molar-refractivity contribution in [1.29, 1.82) is 0 Å². The largest absolute Gasteiger partial charge is 0.494 e. The average Bonchev–Trinajstić information content (AvgIpc) is 3.42. The molecular weight excluding hydrogens is 934 g/mol. The standard InChI is InChI=1S/C54H76FN11O7/c1-42(66(55)49-10-7-9-47(38-49)62-54(20-24-59-25-21-54)53(57)61-52(56)44-18-22-58-23-19-44)43-13-16-50(17-14-43)73-32-6-4-3-5-30-70-33-35-72-36-34-71-31-8-11-51(69)65-28-26-64(27-29-65)48-15-12-45(40-67)46(37-48)39-63(2)60-41-68/h7,9-10,12-19,22-23,37-38,40-42,52,59,62H,3-6,8,11,20-21,24-36,39,56H2,1-2H3,(H2,57,61)(H,60,68)/t42-,52?/m1/s1. The van der Waals surface area contributed by atoms with E-state index in [1.54, 1.807) is 42.6 Å². The molecule has 2 aliphatic rings. The quantitative estimate of drug-likeness (QED) is 0.00933. The molecular formula is C54H76FN11O7. The van der Waals surface area contributed by atoms with E-state index in [1.165, 1.54) is 0 Å². The van der Waals surface area contributed by atoms with Gasteiger partial charge in [-0.15, -0.1) is 0 Å². The second-order valence-electron chi connectivity index (χ2n) is 18.5. The molecule has 7 N–H and O–H groups in total. The van der Waals surface area contributed by atoms with Crippen molar-refractivity contribution in [2.24, 2.45) is 16.5 Å². The summed E-state index contributed by atoms with van der Waals surface area (Å²) in [4.78, 5) is 48.0. The normalized spacial score (nSPS) is 15.7. The van der Waals surface area contributed by atoms with E-state index in [1.807, 2.05) is 72.5 Å². The molecule has 6 rings (SSSR count). The number of anilines is 3. The molecule has 0 aliphatic carbocycles. The summed E-state index contributed by atoms with van der Waals surface area (Å²) in [6.07, 6.45) is 10.6. The summed E-state index contributed by atoms with van der Waals surface area (Å²) in [5, 5.41) is 9.38. The number of amides is 2. The zero-order valence-electron chi connectivity index (χ0n) is 42.6. The molecule has 3 heterocycles. The Morgan fingerprint density at radius 1 is 0.849 bits per heavy atom. The van der Waals surface area contributed by atoms with E-state index in [0.717, 1.165) is 84.0 Å². The van der Waals surface area contributed by atoms with Gasteiger partial charge in [-0.1, -0.05) is 29.1 Å². The Hall–Kier alpha value is -6.22. The first-order valence-electron chi connectivity index (χ1n) is 25.6. The third-order valence-electron chi connectivity index (χ3n) is 13.3. The number of ether oxygens (including phenoxy) is 4. The lowest BCUT2D eigenvalue weighted by Crippen LogP contribution is -2.56. The molecule has 1 unspecified atom stereocenters. The van der Waals surface area contributed by atoms with Gasteiger partial charge in [-0.3, -0.25) is 24.8 Å². The van der Waals surface area contributed by atoms with E-state index >= 15 is 4.48 Å².